The Bertz CT molecular complexity index is 374. The molecule has 0 saturated carbocycles. The van der Waals surface area contributed by atoms with Gasteiger partial charge in [0.1, 0.15) is 0 Å². The van der Waals surface area contributed by atoms with E-state index in [0.717, 1.165) is 49.6 Å². The minimum Gasteiger partial charge on any atom is -0.379 e. The summed E-state index contributed by atoms with van der Waals surface area (Å²) in [4.78, 5) is 0. The molecular weight excluding hydrogens is 284 g/mol. The zero-order valence-electron chi connectivity index (χ0n) is 10.4. The number of nitrogens with zero attached hydrogens (tertiary/aromatic N) is 3. The minimum absolute atomic E-state index is 0.801. The molecule has 1 aromatic rings. The first-order valence-electron chi connectivity index (χ1n) is 6.00. The van der Waals surface area contributed by atoms with Crippen LogP contribution in [0.2, 0.25) is 0 Å². The van der Waals surface area contributed by atoms with Gasteiger partial charge in [-0.25, -0.2) is 10.4 Å². The van der Waals surface area contributed by atoms with Crippen LogP contribution >= 0.6 is 15.9 Å². The van der Waals surface area contributed by atoms with Gasteiger partial charge in [-0.2, -0.15) is 5.10 Å². The molecule has 1 aromatic heterocycles. The SMILES string of the molecule is CCn1nc(C)c(Br)c1CNN1CCOCC1. The molecule has 0 radical (unpaired) electrons. The second-order valence-electron chi connectivity index (χ2n) is 4.10. The van der Waals surface area contributed by atoms with Gasteiger partial charge in [-0.1, -0.05) is 0 Å². The second-order valence-corrected chi connectivity index (χ2v) is 4.89. The molecule has 2 rings (SSSR count). The van der Waals surface area contributed by atoms with Crippen molar-refractivity contribution in [1.29, 1.82) is 0 Å². The van der Waals surface area contributed by atoms with Gasteiger partial charge in [0.25, 0.3) is 0 Å². The molecule has 0 bridgehead atoms. The molecule has 1 aliphatic heterocycles. The maximum absolute atomic E-state index is 5.32. The van der Waals surface area contributed by atoms with Gasteiger partial charge in [0, 0.05) is 19.6 Å². The third-order valence-electron chi connectivity index (χ3n) is 2.93. The molecule has 1 aliphatic rings. The number of rotatable bonds is 4. The highest BCUT2D eigenvalue weighted by Crippen LogP contribution is 2.20. The highest BCUT2D eigenvalue weighted by atomic mass is 79.9. The van der Waals surface area contributed by atoms with E-state index >= 15 is 0 Å². The fourth-order valence-corrected chi connectivity index (χ4v) is 2.37. The first kappa shape index (κ1) is 13.0. The molecular formula is C11H19BrN4O. The number of ether oxygens (including phenoxy) is 1. The van der Waals surface area contributed by atoms with Crippen LogP contribution in [0.1, 0.15) is 18.3 Å². The van der Waals surface area contributed by atoms with E-state index in [1.165, 1.54) is 5.69 Å². The molecule has 0 aromatic carbocycles. The number of hydrogen-bond acceptors (Lipinski definition) is 4. The molecule has 0 atom stereocenters. The zero-order valence-corrected chi connectivity index (χ0v) is 12.0. The van der Waals surface area contributed by atoms with Crippen LogP contribution in [-0.4, -0.2) is 41.1 Å². The maximum atomic E-state index is 5.32. The summed E-state index contributed by atoms with van der Waals surface area (Å²) in [5, 5.41) is 6.69. The summed E-state index contributed by atoms with van der Waals surface area (Å²) in [5.41, 5.74) is 5.68. The van der Waals surface area contributed by atoms with Crippen LogP contribution in [0.15, 0.2) is 4.47 Å². The third kappa shape index (κ3) is 3.07. The molecule has 96 valence electrons. The Morgan fingerprint density at radius 1 is 1.41 bits per heavy atom. The first-order chi connectivity index (χ1) is 8.22. The lowest BCUT2D eigenvalue weighted by Crippen LogP contribution is -2.45. The average molecular weight is 303 g/mol. The van der Waals surface area contributed by atoms with E-state index in [1.54, 1.807) is 0 Å². The van der Waals surface area contributed by atoms with Crippen molar-refractivity contribution in [3.8, 4) is 0 Å². The number of halogens is 1. The van der Waals surface area contributed by atoms with Crippen LogP contribution in [0.4, 0.5) is 0 Å². The van der Waals surface area contributed by atoms with Crippen molar-refractivity contribution in [3.63, 3.8) is 0 Å². The van der Waals surface area contributed by atoms with Gasteiger partial charge in [-0.3, -0.25) is 4.68 Å². The lowest BCUT2D eigenvalue weighted by molar-refractivity contribution is 0.0101. The Hall–Kier alpha value is -0.430. The molecule has 1 saturated heterocycles. The van der Waals surface area contributed by atoms with Gasteiger partial charge >= 0.3 is 0 Å². The second kappa shape index (κ2) is 5.95. The van der Waals surface area contributed by atoms with Crippen LogP contribution in [-0.2, 0) is 17.8 Å². The third-order valence-corrected chi connectivity index (χ3v) is 3.97. The highest BCUT2D eigenvalue weighted by molar-refractivity contribution is 9.10. The highest BCUT2D eigenvalue weighted by Gasteiger charge is 2.14. The normalized spacial score (nSPS) is 17.6. The summed E-state index contributed by atoms with van der Waals surface area (Å²) < 4.78 is 8.46. The lowest BCUT2D eigenvalue weighted by atomic mass is 10.3. The van der Waals surface area contributed by atoms with Crippen molar-refractivity contribution in [2.24, 2.45) is 0 Å². The van der Waals surface area contributed by atoms with E-state index in [4.69, 9.17) is 4.74 Å². The number of nitrogens with one attached hydrogen (secondary N) is 1. The standard InChI is InChI=1S/C11H19BrN4O/c1-3-16-10(11(12)9(2)14-16)8-13-15-4-6-17-7-5-15/h13H,3-8H2,1-2H3. The zero-order chi connectivity index (χ0) is 12.3. The predicted octanol–water partition coefficient (Wildman–Crippen LogP) is 1.31. The van der Waals surface area contributed by atoms with Crippen LogP contribution in [0, 0.1) is 6.92 Å². The van der Waals surface area contributed by atoms with Crippen molar-refractivity contribution in [3.05, 3.63) is 15.9 Å². The van der Waals surface area contributed by atoms with Gasteiger partial charge in [-0.15, -0.1) is 0 Å². The van der Waals surface area contributed by atoms with Crippen molar-refractivity contribution in [2.45, 2.75) is 26.9 Å². The summed E-state index contributed by atoms with van der Waals surface area (Å²) >= 11 is 3.60. The number of hydrogen-bond donors (Lipinski definition) is 1. The quantitative estimate of drug-likeness (QED) is 0.911. The van der Waals surface area contributed by atoms with Crippen LogP contribution in [0.3, 0.4) is 0 Å². The Labute approximate surface area is 110 Å². The van der Waals surface area contributed by atoms with E-state index in [-0.39, 0.29) is 0 Å². The number of aromatic nitrogens is 2. The number of aryl methyl sites for hydroxylation is 2. The van der Waals surface area contributed by atoms with Gasteiger partial charge < -0.3 is 4.74 Å². The van der Waals surface area contributed by atoms with Crippen LogP contribution in [0.5, 0.6) is 0 Å². The van der Waals surface area contributed by atoms with E-state index in [2.05, 4.69) is 38.4 Å². The van der Waals surface area contributed by atoms with Crippen molar-refractivity contribution in [1.82, 2.24) is 20.2 Å². The van der Waals surface area contributed by atoms with E-state index < -0.39 is 0 Å². The summed E-state index contributed by atoms with van der Waals surface area (Å²) in [6, 6.07) is 0. The first-order valence-corrected chi connectivity index (χ1v) is 6.79. The minimum atomic E-state index is 0.801. The largest absolute Gasteiger partial charge is 0.379 e. The van der Waals surface area contributed by atoms with E-state index in [1.807, 2.05) is 11.6 Å². The maximum Gasteiger partial charge on any atom is 0.0739 e. The van der Waals surface area contributed by atoms with Crippen molar-refractivity contribution < 1.29 is 4.74 Å². The summed E-state index contributed by atoms with van der Waals surface area (Å²) in [7, 11) is 0. The molecule has 17 heavy (non-hydrogen) atoms. The molecule has 5 nitrogen and oxygen atoms in total. The molecule has 0 unspecified atom stereocenters. The van der Waals surface area contributed by atoms with Crippen molar-refractivity contribution >= 4 is 15.9 Å². The summed E-state index contributed by atoms with van der Waals surface area (Å²) in [5.74, 6) is 0. The van der Waals surface area contributed by atoms with Crippen LogP contribution in [0.25, 0.3) is 0 Å². The Kier molecular flexibility index (Phi) is 4.55. The molecule has 1 fully saturated rings. The lowest BCUT2D eigenvalue weighted by Gasteiger charge is -2.27. The summed E-state index contributed by atoms with van der Waals surface area (Å²) in [6.07, 6.45) is 0. The Balaban J connectivity index is 1.97. The Morgan fingerprint density at radius 2 is 2.12 bits per heavy atom. The van der Waals surface area contributed by atoms with E-state index in [0.29, 0.717) is 0 Å². The molecule has 1 N–H and O–H groups in total. The number of morpholine rings is 1. The fourth-order valence-electron chi connectivity index (χ4n) is 1.95. The predicted molar refractivity (Wildman–Crippen MR) is 69.6 cm³/mol. The molecule has 2 heterocycles. The molecule has 0 spiro atoms. The van der Waals surface area contributed by atoms with Gasteiger partial charge in [0.2, 0.25) is 0 Å². The fraction of sp³-hybridized carbons (Fsp3) is 0.727. The van der Waals surface area contributed by atoms with Gasteiger partial charge in [-0.05, 0) is 29.8 Å². The molecule has 0 amide bonds. The van der Waals surface area contributed by atoms with Crippen molar-refractivity contribution in [2.75, 3.05) is 26.3 Å². The van der Waals surface area contributed by atoms with E-state index in [9.17, 15) is 0 Å². The Morgan fingerprint density at radius 3 is 2.76 bits per heavy atom. The monoisotopic (exact) mass is 302 g/mol. The average Bonchev–Trinajstić information content (AvgIpc) is 2.64. The molecule has 6 heteroatoms. The smallest absolute Gasteiger partial charge is 0.0739 e. The number of hydrazine groups is 1. The summed E-state index contributed by atoms with van der Waals surface area (Å²) in [6.45, 7) is 9.32. The van der Waals surface area contributed by atoms with Gasteiger partial charge in [0.15, 0.2) is 0 Å². The molecule has 0 aliphatic carbocycles. The van der Waals surface area contributed by atoms with Gasteiger partial charge in [0.05, 0.1) is 35.6 Å². The topological polar surface area (TPSA) is 42.3 Å². The van der Waals surface area contributed by atoms with Crippen LogP contribution < -0.4 is 5.43 Å².